The number of quaternary nitrogens is 2. The molecule has 1 saturated heterocycles. The Kier molecular flexibility index (Phi) is 5.87. The highest BCUT2D eigenvalue weighted by Gasteiger charge is 2.25. The Morgan fingerprint density at radius 2 is 1.69 bits per heavy atom. The summed E-state index contributed by atoms with van der Waals surface area (Å²) in [6.45, 7) is 5.42. The van der Waals surface area contributed by atoms with E-state index < -0.39 is 0 Å². The standard InChI is InChI=1S/C22H23ClN2O4/c23-16-3-1-15(2-4-16)19-14-29-22-17(21(19)28)5-6-20(27)18(22)13-25-9-7-24(8-10-25)11-12-26/h1-6,14,26-27H,7-13H2/p+2. The number of phenolic OH excluding ortho intramolecular Hbond substituents is 1. The van der Waals surface area contributed by atoms with E-state index in [2.05, 4.69) is 0 Å². The molecule has 1 fully saturated rings. The molecular formula is C22H25ClN2O4+2. The maximum absolute atomic E-state index is 13.1. The SMILES string of the molecule is O=c1c(-c2ccc(Cl)cc2)coc2c(C[NH+]3CC[NH+](CCO)CC3)c(O)ccc12. The van der Waals surface area contributed by atoms with Gasteiger partial charge in [0.15, 0.2) is 0 Å². The molecule has 7 heteroatoms. The summed E-state index contributed by atoms with van der Waals surface area (Å²) in [5.41, 5.74) is 2.21. The molecule has 0 amide bonds. The van der Waals surface area contributed by atoms with Gasteiger partial charge in [-0.25, -0.2) is 0 Å². The Hall–Kier alpha value is -2.38. The molecule has 0 atom stereocenters. The number of aliphatic hydroxyl groups excluding tert-OH is 1. The topological polar surface area (TPSA) is 79.5 Å². The van der Waals surface area contributed by atoms with Crippen LogP contribution in [0.15, 0.2) is 51.9 Å². The summed E-state index contributed by atoms with van der Waals surface area (Å²) in [4.78, 5) is 15.8. The summed E-state index contributed by atoms with van der Waals surface area (Å²) in [5.74, 6) is 0.150. The summed E-state index contributed by atoms with van der Waals surface area (Å²) in [6, 6.07) is 10.3. The maximum atomic E-state index is 13.1. The van der Waals surface area contributed by atoms with Crippen LogP contribution in [0.1, 0.15) is 5.56 Å². The van der Waals surface area contributed by atoms with Crippen molar-refractivity contribution in [2.24, 2.45) is 0 Å². The van der Waals surface area contributed by atoms with Crippen LogP contribution in [0.2, 0.25) is 5.02 Å². The molecule has 0 saturated carbocycles. The van der Waals surface area contributed by atoms with Crippen molar-refractivity contribution in [2.75, 3.05) is 39.3 Å². The fourth-order valence-corrected chi connectivity index (χ4v) is 4.16. The van der Waals surface area contributed by atoms with Crippen molar-refractivity contribution in [1.29, 1.82) is 0 Å². The van der Waals surface area contributed by atoms with E-state index in [4.69, 9.17) is 21.1 Å². The van der Waals surface area contributed by atoms with Crippen LogP contribution in [0.4, 0.5) is 0 Å². The molecule has 4 rings (SSSR count). The van der Waals surface area contributed by atoms with Crippen molar-refractivity contribution in [3.05, 3.63) is 63.5 Å². The van der Waals surface area contributed by atoms with E-state index in [1.165, 1.54) is 16.1 Å². The Labute approximate surface area is 173 Å². The third kappa shape index (κ3) is 4.16. The molecule has 1 aliphatic heterocycles. The van der Waals surface area contributed by atoms with Gasteiger partial charge in [-0.3, -0.25) is 4.79 Å². The van der Waals surface area contributed by atoms with Crippen molar-refractivity contribution in [3.63, 3.8) is 0 Å². The zero-order chi connectivity index (χ0) is 20.4. The van der Waals surface area contributed by atoms with Crippen LogP contribution in [-0.4, -0.2) is 49.5 Å². The number of fused-ring (bicyclic) bond motifs is 1. The van der Waals surface area contributed by atoms with Crippen molar-refractivity contribution < 1.29 is 24.4 Å². The van der Waals surface area contributed by atoms with Crippen LogP contribution >= 0.6 is 11.6 Å². The Balaban J connectivity index is 1.65. The minimum atomic E-state index is -0.123. The molecule has 152 valence electrons. The maximum Gasteiger partial charge on any atom is 0.200 e. The molecule has 3 aromatic rings. The van der Waals surface area contributed by atoms with E-state index in [0.29, 0.717) is 33.7 Å². The number of rotatable bonds is 5. The zero-order valence-corrected chi connectivity index (χ0v) is 16.8. The number of benzene rings is 2. The third-order valence-electron chi connectivity index (χ3n) is 5.73. The molecule has 0 bridgehead atoms. The summed E-state index contributed by atoms with van der Waals surface area (Å²) >= 11 is 5.95. The first kappa shape index (κ1) is 19.9. The molecule has 29 heavy (non-hydrogen) atoms. The number of piperazine rings is 1. The van der Waals surface area contributed by atoms with E-state index in [0.717, 1.165) is 38.3 Å². The molecule has 0 radical (unpaired) electrons. The van der Waals surface area contributed by atoms with Crippen LogP contribution in [-0.2, 0) is 6.54 Å². The fourth-order valence-electron chi connectivity index (χ4n) is 4.04. The van der Waals surface area contributed by atoms with Gasteiger partial charge in [-0.15, -0.1) is 0 Å². The first-order chi connectivity index (χ1) is 14.1. The monoisotopic (exact) mass is 416 g/mol. The van der Waals surface area contributed by atoms with Gasteiger partial charge in [0.25, 0.3) is 0 Å². The molecule has 0 unspecified atom stereocenters. The number of hydrogen-bond acceptors (Lipinski definition) is 4. The van der Waals surface area contributed by atoms with Gasteiger partial charge in [-0.2, -0.15) is 0 Å². The fraction of sp³-hybridized carbons (Fsp3) is 0.318. The van der Waals surface area contributed by atoms with Crippen LogP contribution in [0.3, 0.4) is 0 Å². The molecule has 1 aromatic heterocycles. The van der Waals surface area contributed by atoms with Gasteiger partial charge >= 0.3 is 0 Å². The van der Waals surface area contributed by atoms with Crippen LogP contribution in [0.5, 0.6) is 5.75 Å². The molecule has 4 N–H and O–H groups in total. The number of aliphatic hydroxyl groups is 1. The second-order valence-corrected chi connectivity index (χ2v) is 8.01. The minimum Gasteiger partial charge on any atom is -0.507 e. The number of nitrogens with one attached hydrogen (secondary N) is 2. The van der Waals surface area contributed by atoms with Crippen molar-refractivity contribution in [2.45, 2.75) is 6.54 Å². The zero-order valence-electron chi connectivity index (χ0n) is 16.1. The highest BCUT2D eigenvalue weighted by atomic mass is 35.5. The lowest BCUT2D eigenvalue weighted by molar-refractivity contribution is -1.02. The van der Waals surface area contributed by atoms with E-state index in [1.807, 2.05) is 0 Å². The molecule has 1 aliphatic rings. The van der Waals surface area contributed by atoms with Gasteiger partial charge in [-0.05, 0) is 29.8 Å². The van der Waals surface area contributed by atoms with Gasteiger partial charge in [0.05, 0.1) is 23.1 Å². The second kappa shape index (κ2) is 8.55. The Morgan fingerprint density at radius 3 is 2.38 bits per heavy atom. The van der Waals surface area contributed by atoms with Crippen LogP contribution in [0, 0.1) is 0 Å². The average Bonchev–Trinajstić information content (AvgIpc) is 2.73. The van der Waals surface area contributed by atoms with Crippen molar-refractivity contribution in [3.8, 4) is 16.9 Å². The van der Waals surface area contributed by atoms with E-state index in [9.17, 15) is 9.90 Å². The summed E-state index contributed by atoms with van der Waals surface area (Å²) in [7, 11) is 0. The lowest BCUT2D eigenvalue weighted by atomic mass is 10.0. The van der Waals surface area contributed by atoms with E-state index in [-0.39, 0.29) is 17.8 Å². The summed E-state index contributed by atoms with van der Waals surface area (Å²) < 4.78 is 5.88. The number of hydrogen-bond donors (Lipinski definition) is 4. The highest BCUT2D eigenvalue weighted by molar-refractivity contribution is 6.30. The Morgan fingerprint density at radius 1 is 1.00 bits per heavy atom. The first-order valence-electron chi connectivity index (χ1n) is 9.87. The predicted molar refractivity (Wildman–Crippen MR) is 112 cm³/mol. The number of phenols is 1. The molecule has 2 aromatic carbocycles. The largest absolute Gasteiger partial charge is 0.507 e. The van der Waals surface area contributed by atoms with Gasteiger partial charge in [0.2, 0.25) is 5.43 Å². The summed E-state index contributed by atoms with van der Waals surface area (Å²) in [5, 5.41) is 20.6. The lowest BCUT2D eigenvalue weighted by Crippen LogP contribution is -3.27. The number of halogens is 1. The first-order valence-corrected chi connectivity index (χ1v) is 10.2. The van der Waals surface area contributed by atoms with Crippen molar-refractivity contribution >= 4 is 22.6 Å². The normalized spacial score (nSPS) is 19.5. The van der Waals surface area contributed by atoms with Gasteiger partial charge in [-0.1, -0.05) is 23.7 Å². The molecule has 2 heterocycles. The second-order valence-electron chi connectivity index (χ2n) is 7.58. The lowest BCUT2D eigenvalue weighted by Gasteiger charge is -2.29. The highest BCUT2D eigenvalue weighted by Crippen LogP contribution is 2.27. The Bertz CT molecular complexity index is 1060. The molecule has 0 spiro atoms. The van der Waals surface area contributed by atoms with E-state index >= 15 is 0 Å². The van der Waals surface area contributed by atoms with Crippen LogP contribution in [0.25, 0.3) is 22.1 Å². The van der Waals surface area contributed by atoms with Gasteiger partial charge < -0.3 is 24.4 Å². The van der Waals surface area contributed by atoms with E-state index in [1.54, 1.807) is 36.4 Å². The third-order valence-corrected chi connectivity index (χ3v) is 5.98. The minimum absolute atomic E-state index is 0.123. The quantitative estimate of drug-likeness (QED) is 0.475. The van der Waals surface area contributed by atoms with Crippen LogP contribution < -0.4 is 15.2 Å². The average molecular weight is 417 g/mol. The molecule has 0 aliphatic carbocycles. The summed E-state index contributed by atoms with van der Waals surface area (Å²) in [6.07, 6.45) is 1.47. The van der Waals surface area contributed by atoms with Gasteiger partial charge in [0.1, 0.15) is 56.9 Å². The van der Waals surface area contributed by atoms with Crippen molar-refractivity contribution in [1.82, 2.24) is 0 Å². The number of aromatic hydroxyl groups is 1. The smallest absolute Gasteiger partial charge is 0.200 e. The predicted octanol–water partition coefficient (Wildman–Crippen LogP) is 0.0947. The molecular weight excluding hydrogens is 392 g/mol. The van der Waals surface area contributed by atoms with Gasteiger partial charge in [0, 0.05) is 5.02 Å². The molecule has 6 nitrogen and oxygen atoms in total.